The van der Waals surface area contributed by atoms with E-state index in [1.54, 1.807) is 12.1 Å². The van der Waals surface area contributed by atoms with Crippen molar-refractivity contribution in [1.29, 1.82) is 0 Å². The molecule has 2 rings (SSSR count). The smallest absolute Gasteiger partial charge is 0.123 e. The van der Waals surface area contributed by atoms with Gasteiger partial charge in [-0.1, -0.05) is 39.7 Å². The Bertz CT molecular complexity index is 527. The first kappa shape index (κ1) is 13.3. The molecule has 0 heterocycles. The van der Waals surface area contributed by atoms with Crippen LogP contribution in [-0.2, 0) is 0 Å². The molecule has 0 radical (unpaired) electrons. The largest absolute Gasteiger partial charge is 0.207 e. The minimum Gasteiger partial charge on any atom is -0.207 e. The van der Waals surface area contributed by atoms with Gasteiger partial charge in [0.2, 0.25) is 0 Å². The third kappa shape index (κ3) is 3.20. The van der Waals surface area contributed by atoms with E-state index in [0.29, 0.717) is 5.02 Å². The monoisotopic (exact) mass is 424 g/mol. The van der Waals surface area contributed by atoms with Gasteiger partial charge in [-0.3, -0.25) is 0 Å². The van der Waals surface area contributed by atoms with Crippen LogP contribution < -0.4 is 0 Å². The Kier molecular flexibility index (Phi) is 4.44. The van der Waals surface area contributed by atoms with Gasteiger partial charge in [-0.05, 0) is 64.0 Å². The van der Waals surface area contributed by atoms with E-state index in [1.807, 2.05) is 18.2 Å². The fourth-order valence-electron chi connectivity index (χ4n) is 1.52. The number of benzene rings is 2. The number of rotatable bonds is 2. The summed E-state index contributed by atoms with van der Waals surface area (Å²) in [6, 6.07) is 12.2. The zero-order valence-corrected chi connectivity index (χ0v) is 13.1. The lowest BCUT2D eigenvalue weighted by Crippen LogP contribution is -1.96. The second-order valence-corrected chi connectivity index (χ2v) is 6.09. The van der Waals surface area contributed by atoms with Gasteiger partial charge in [0.25, 0.3) is 0 Å². The molecule has 0 nitrogen and oxygen atoms in total. The van der Waals surface area contributed by atoms with Gasteiger partial charge in [0.1, 0.15) is 5.82 Å². The molecule has 0 fully saturated rings. The Balaban J connectivity index is 2.39. The van der Waals surface area contributed by atoms with Crippen molar-refractivity contribution in [2.45, 2.75) is 4.83 Å². The van der Waals surface area contributed by atoms with Crippen molar-refractivity contribution >= 4 is 50.1 Å². The third-order valence-electron chi connectivity index (χ3n) is 2.39. The van der Waals surface area contributed by atoms with Gasteiger partial charge in [-0.2, -0.15) is 0 Å². The van der Waals surface area contributed by atoms with Crippen molar-refractivity contribution in [1.82, 2.24) is 0 Å². The van der Waals surface area contributed by atoms with Crippen LogP contribution >= 0.6 is 50.1 Å². The van der Waals surface area contributed by atoms with E-state index in [2.05, 4.69) is 38.5 Å². The summed E-state index contributed by atoms with van der Waals surface area (Å²) in [5.74, 6) is -0.228. The summed E-state index contributed by atoms with van der Waals surface area (Å²) in [7, 11) is 0. The van der Waals surface area contributed by atoms with Crippen LogP contribution in [0.2, 0.25) is 5.02 Å². The van der Waals surface area contributed by atoms with Crippen LogP contribution in [0.3, 0.4) is 0 Å². The molecule has 0 aliphatic carbocycles. The number of hydrogen-bond donors (Lipinski definition) is 0. The fraction of sp³-hybridized carbons (Fsp3) is 0.0769. The maximum atomic E-state index is 12.9. The number of alkyl halides is 1. The molecule has 2 aromatic rings. The summed E-state index contributed by atoms with van der Waals surface area (Å²) in [5.41, 5.74) is 2.09. The Morgan fingerprint density at radius 2 is 1.76 bits per heavy atom. The van der Waals surface area contributed by atoms with E-state index in [1.165, 1.54) is 12.1 Å². The Morgan fingerprint density at radius 1 is 1.12 bits per heavy atom. The van der Waals surface area contributed by atoms with Crippen molar-refractivity contribution in [2.75, 3.05) is 0 Å². The molecule has 1 atom stereocenters. The predicted octanol–water partition coefficient (Wildman–Crippen LogP) is 5.57. The first-order chi connectivity index (χ1) is 8.08. The summed E-state index contributed by atoms with van der Waals surface area (Å²) < 4.78 is 14.0. The maximum Gasteiger partial charge on any atom is 0.123 e. The molecule has 0 bridgehead atoms. The molecule has 0 aliphatic rings. The Labute approximate surface area is 126 Å². The minimum atomic E-state index is -0.228. The van der Waals surface area contributed by atoms with Crippen LogP contribution in [0.25, 0.3) is 0 Å². The Morgan fingerprint density at radius 3 is 2.41 bits per heavy atom. The van der Waals surface area contributed by atoms with Crippen molar-refractivity contribution in [2.24, 2.45) is 0 Å². The lowest BCUT2D eigenvalue weighted by atomic mass is 10.1. The predicted molar refractivity (Wildman–Crippen MR) is 81.3 cm³/mol. The highest BCUT2D eigenvalue weighted by Gasteiger charge is 2.13. The Hall–Kier alpha value is -0.130. The van der Waals surface area contributed by atoms with Crippen molar-refractivity contribution in [3.05, 3.63) is 68.0 Å². The first-order valence-electron chi connectivity index (χ1n) is 4.92. The van der Waals surface area contributed by atoms with Gasteiger partial charge in [0, 0.05) is 8.59 Å². The van der Waals surface area contributed by atoms with Gasteiger partial charge in [0.15, 0.2) is 0 Å². The van der Waals surface area contributed by atoms with Crippen molar-refractivity contribution in [3.8, 4) is 0 Å². The molecule has 0 aromatic heterocycles. The second kappa shape index (κ2) is 5.67. The molecule has 17 heavy (non-hydrogen) atoms. The van der Waals surface area contributed by atoms with E-state index in [0.717, 1.165) is 14.7 Å². The normalized spacial score (nSPS) is 12.5. The number of hydrogen-bond acceptors (Lipinski definition) is 0. The van der Waals surface area contributed by atoms with E-state index in [9.17, 15) is 4.39 Å². The van der Waals surface area contributed by atoms with E-state index in [-0.39, 0.29) is 10.6 Å². The van der Waals surface area contributed by atoms with Crippen LogP contribution in [0.5, 0.6) is 0 Å². The van der Waals surface area contributed by atoms with Crippen LogP contribution in [0.4, 0.5) is 4.39 Å². The molecule has 0 saturated carbocycles. The molecule has 2 aromatic carbocycles. The molecular weight excluding hydrogens is 417 g/mol. The molecule has 0 amide bonds. The van der Waals surface area contributed by atoms with E-state index in [4.69, 9.17) is 11.6 Å². The summed E-state index contributed by atoms with van der Waals surface area (Å²) in [6.07, 6.45) is 0. The van der Waals surface area contributed by atoms with Crippen molar-refractivity contribution < 1.29 is 4.39 Å². The van der Waals surface area contributed by atoms with Gasteiger partial charge in [-0.25, -0.2) is 4.39 Å². The highest BCUT2D eigenvalue weighted by molar-refractivity contribution is 14.1. The topological polar surface area (TPSA) is 0 Å². The summed E-state index contributed by atoms with van der Waals surface area (Å²) >= 11 is 11.9. The highest BCUT2D eigenvalue weighted by Crippen LogP contribution is 2.35. The lowest BCUT2D eigenvalue weighted by Gasteiger charge is -2.13. The molecular formula is C13H8BrClFI. The van der Waals surface area contributed by atoms with Gasteiger partial charge < -0.3 is 0 Å². The van der Waals surface area contributed by atoms with Crippen LogP contribution in [0.15, 0.2) is 42.5 Å². The lowest BCUT2D eigenvalue weighted by molar-refractivity contribution is 0.627. The SMILES string of the molecule is Fc1ccc(C(Br)c2cc(Cl)ccc2I)cc1. The average molecular weight is 425 g/mol. The zero-order chi connectivity index (χ0) is 12.4. The van der Waals surface area contributed by atoms with Crippen molar-refractivity contribution in [3.63, 3.8) is 0 Å². The second-order valence-electron chi connectivity index (χ2n) is 3.58. The highest BCUT2D eigenvalue weighted by atomic mass is 127. The van der Waals surface area contributed by atoms with E-state index >= 15 is 0 Å². The molecule has 0 aliphatic heterocycles. The summed E-state index contributed by atoms with van der Waals surface area (Å²) in [6.45, 7) is 0. The molecule has 88 valence electrons. The maximum absolute atomic E-state index is 12.9. The van der Waals surface area contributed by atoms with Gasteiger partial charge >= 0.3 is 0 Å². The summed E-state index contributed by atoms with van der Waals surface area (Å²) in [5, 5.41) is 0.701. The van der Waals surface area contributed by atoms with Gasteiger partial charge in [-0.15, -0.1) is 0 Å². The third-order valence-corrected chi connectivity index (χ3v) is 4.63. The molecule has 4 heteroatoms. The molecule has 0 N–H and O–H groups in total. The molecule has 1 unspecified atom stereocenters. The number of halogens is 4. The zero-order valence-electron chi connectivity index (χ0n) is 8.63. The van der Waals surface area contributed by atoms with Crippen LogP contribution in [0, 0.1) is 9.39 Å². The van der Waals surface area contributed by atoms with Crippen LogP contribution in [0.1, 0.15) is 16.0 Å². The van der Waals surface area contributed by atoms with E-state index < -0.39 is 0 Å². The van der Waals surface area contributed by atoms with Crippen LogP contribution in [-0.4, -0.2) is 0 Å². The fourth-order valence-corrected chi connectivity index (χ4v) is 3.46. The quantitative estimate of drug-likeness (QED) is 0.436. The standard InChI is InChI=1S/C13H8BrClFI/c14-13(8-1-4-10(16)5-2-8)11-7-9(15)3-6-12(11)17/h1-7,13H. The first-order valence-corrected chi connectivity index (χ1v) is 7.29. The average Bonchev–Trinajstić information content (AvgIpc) is 2.32. The molecule has 0 saturated heterocycles. The minimum absolute atomic E-state index is 0.0219. The summed E-state index contributed by atoms with van der Waals surface area (Å²) in [4.78, 5) is 0.0219. The molecule has 0 spiro atoms. The van der Waals surface area contributed by atoms with Gasteiger partial charge in [0.05, 0.1) is 4.83 Å².